The van der Waals surface area contributed by atoms with Gasteiger partial charge in [0.25, 0.3) is 0 Å². The number of methoxy groups -OCH3 is 1. The maximum atomic E-state index is 6.46. The predicted octanol–water partition coefficient (Wildman–Crippen LogP) is 5.72. The van der Waals surface area contributed by atoms with Gasteiger partial charge in [-0.25, -0.2) is 5.01 Å². The second kappa shape index (κ2) is 8.33. The number of hydrogen-bond acceptors (Lipinski definition) is 7. The van der Waals surface area contributed by atoms with Crippen LogP contribution in [0.2, 0.25) is 5.02 Å². The third-order valence-electron chi connectivity index (χ3n) is 6.23. The summed E-state index contributed by atoms with van der Waals surface area (Å²) < 4.78 is 28.8. The second-order valence-electron chi connectivity index (χ2n) is 8.21. The smallest absolute Gasteiger partial charge is 0.231 e. The van der Waals surface area contributed by atoms with Crippen LogP contribution >= 0.6 is 11.6 Å². The molecule has 3 aliphatic rings. The Morgan fingerprint density at radius 2 is 1.85 bits per heavy atom. The van der Waals surface area contributed by atoms with Gasteiger partial charge in [-0.3, -0.25) is 0 Å². The summed E-state index contributed by atoms with van der Waals surface area (Å²) in [5.74, 6) is 3.63. The molecule has 0 aromatic heterocycles. The monoisotopic (exact) mass is 478 g/mol. The molecule has 2 atom stereocenters. The van der Waals surface area contributed by atoms with Gasteiger partial charge in [0.2, 0.25) is 13.0 Å². The Morgan fingerprint density at radius 1 is 1.00 bits per heavy atom. The predicted molar refractivity (Wildman–Crippen MR) is 127 cm³/mol. The fourth-order valence-electron chi connectivity index (χ4n) is 4.64. The van der Waals surface area contributed by atoms with Crippen molar-refractivity contribution >= 4 is 17.3 Å². The summed E-state index contributed by atoms with van der Waals surface area (Å²) in [6, 6.07) is 17.5. The van der Waals surface area contributed by atoms with Crippen LogP contribution in [-0.4, -0.2) is 31.2 Å². The van der Waals surface area contributed by atoms with Gasteiger partial charge in [-0.05, 0) is 61.5 Å². The number of ether oxygens (including phenoxy) is 5. The van der Waals surface area contributed by atoms with Crippen LogP contribution in [0.3, 0.4) is 0 Å². The molecule has 174 valence electrons. The SMILES string of the molecule is CCOc1ccc(C2Oc3ccc(Cl)cc3C3CC(c4ccc5c(c4)OCO5)=NN32)cc1OC. The van der Waals surface area contributed by atoms with E-state index in [4.69, 9.17) is 40.4 Å². The molecular weight excluding hydrogens is 456 g/mol. The van der Waals surface area contributed by atoms with E-state index < -0.39 is 6.23 Å². The van der Waals surface area contributed by atoms with E-state index in [1.807, 2.05) is 66.5 Å². The van der Waals surface area contributed by atoms with E-state index in [1.54, 1.807) is 7.11 Å². The molecule has 0 fully saturated rings. The van der Waals surface area contributed by atoms with Crippen molar-refractivity contribution in [3.05, 3.63) is 76.3 Å². The Balaban J connectivity index is 1.42. The first kappa shape index (κ1) is 21.0. The summed E-state index contributed by atoms with van der Waals surface area (Å²) in [6.07, 6.45) is 0.274. The molecule has 0 spiro atoms. The van der Waals surface area contributed by atoms with Crippen molar-refractivity contribution in [3.63, 3.8) is 0 Å². The number of fused-ring (bicyclic) bond motifs is 4. The number of nitrogens with zero attached hydrogens (tertiary/aromatic N) is 2. The third kappa shape index (κ3) is 3.47. The Kier molecular flexibility index (Phi) is 5.14. The van der Waals surface area contributed by atoms with Crippen molar-refractivity contribution in [2.45, 2.75) is 25.6 Å². The maximum absolute atomic E-state index is 6.46. The summed E-state index contributed by atoms with van der Waals surface area (Å²) in [4.78, 5) is 0. The normalized spacial score (nSPS) is 19.7. The van der Waals surface area contributed by atoms with Crippen LogP contribution in [0.15, 0.2) is 59.7 Å². The first-order valence-corrected chi connectivity index (χ1v) is 11.5. The first-order chi connectivity index (χ1) is 16.6. The quantitative estimate of drug-likeness (QED) is 0.467. The molecule has 7 nitrogen and oxygen atoms in total. The lowest BCUT2D eigenvalue weighted by atomic mass is 9.95. The highest BCUT2D eigenvalue weighted by Crippen LogP contribution is 2.49. The molecule has 0 saturated carbocycles. The fourth-order valence-corrected chi connectivity index (χ4v) is 4.82. The van der Waals surface area contributed by atoms with Crippen molar-refractivity contribution in [1.82, 2.24) is 5.01 Å². The summed E-state index contributed by atoms with van der Waals surface area (Å²) in [5, 5.41) is 7.69. The molecule has 0 saturated heterocycles. The van der Waals surface area contributed by atoms with E-state index >= 15 is 0 Å². The van der Waals surface area contributed by atoms with Crippen LogP contribution in [0.25, 0.3) is 0 Å². The van der Waals surface area contributed by atoms with E-state index in [2.05, 4.69) is 0 Å². The molecule has 34 heavy (non-hydrogen) atoms. The molecule has 0 amide bonds. The van der Waals surface area contributed by atoms with Gasteiger partial charge in [0.1, 0.15) is 5.75 Å². The minimum absolute atomic E-state index is 0.0227. The lowest BCUT2D eigenvalue weighted by molar-refractivity contribution is -0.0191. The highest BCUT2D eigenvalue weighted by molar-refractivity contribution is 6.30. The van der Waals surface area contributed by atoms with Crippen LogP contribution < -0.4 is 23.7 Å². The number of halogens is 1. The van der Waals surface area contributed by atoms with Gasteiger partial charge in [-0.1, -0.05) is 11.6 Å². The lowest BCUT2D eigenvalue weighted by Gasteiger charge is -2.38. The molecule has 3 aromatic carbocycles. The zero-order valence-electron chi connectivity index (χ0n) is 18.8. The second-order valence-corrected chi connectivity index (χ2v) is 8.65. The van der Waals surface area contributed by atoms with Gasteiger partial charge in [0, 0.05) is 28.1 Å². The first-order valence-electron chi connectivity index (χ1n) is 11.2. The molecular formula is C26H23ClN2O5. The summed E-state index contributed by atoms with van der Waals surface area (Å²) >= 11 is 6.35. The van der Waals surface area contributed by atoms with E-state index in [0.29, 0.717) is 29.5 Å². The Labute approximate surface area is 202 Å². The van der Waals surface area contributed by atoms with Crippen LogP contribution in [-0.2, 0) is 0 Å². The molecule has 8 heteroatoms. The van der Waals surface area contributed by atoms with Crippen molar-refractivity contribution in [1.29, 1.82) is 0 Å². The summed E-state index contributed by atoms with van der Waals surface area (Å²) in [5.41, 5.74) is 3.87. The highest BCUT2D eigenvalue weighted by atomic mass is 35.5. The summed E-state index contributed by atoms with van der Waals surface area (Å²) in [7, 11) is 1.63. The molecule has 0 bridgehead atoms. The van der Waals surface area contributed by atoms with Crippen molar-refractivity contribution in [3.8, 4) is 28.7 Å². The van der Waals surface area contributed by atoms with Crippen LogP contribution in [0, 0.1) is 0 Å². The minimum atomic E-state index is -0.435. The average Bonchev–Trinajstić information content (AvgIpc) is 3.51. The molecule has 0 aliphatic carbocycles. The van der Waals surface area contributed by atoms with E-state index in [-0.39, 0.29) is 12.8 Å². The largest absolute Gasteiger partial charge is 0.493 e. The molecule has 3 aliphatic heterocycles. The van der Waals surface area contributed by atoms with Gasteiger partial charge >= 0.3 is 0 Å². The third-order valence-corrected chi connectivity index (χ3v) is 6.47. The van der Waals surface area contributed by atoms with Crippen LogP contribution in [0.1, 0.15) is 42.3 Å². The number of hydrazone groups is 1. The molecule has 2 unspecified atom stereocenters. The number of rotatable bonds is 5. The zero-order chi connectivity index (χ0) is 23.2. The zero-order valence-corrected chi connectivity index (χ0v) is 19.5. The van der Waals surface area contributed by atoms with Gasteiger partial charge < -0.3 is 23.7 Å². The summed E-state index contributed by atoms with van der Waals surface area (Å²) in [6.45, 7) is 2.74. The fraction of sp³-hybridized carbons (Fsp3) is 0.269. The van der Waals surface area contributed by atoms with E-state index in [0.717, 1.165) is 39.7 Å². The molecule has 3 heterocycles. The number of benzene rings is 3. The average molecular weight is 479 g/mol. The van der Waals surface area contributed by atoms with E-state index in [9.17, 15) is 0 Å². The van der Waals surface area contributed by atoms with Gasteiger partial charge in [-0.2, -0.15) is 5.10 Å². The van der Waals surface area contributed by atoms with Crippen molar-refractivity contribution < 1.29 is 23.7 Å². The topological polar surface area (TPSA) is 61.8 Å². The lowest BCUT2D eigenvalue weighted by Crippen LogP contribution is -2.33. The highest BCUT2D eigenvalue weighted by Gasteiger charge is 2.41. The molecule has 0 N–H and O–H groups in total. The Hall–Kier alpha value is -3.58. The molecule has 3 aromatic rings. The minimum Gasteiger partial charge on any atom is -0.493 e. The molecule has 6 rings (SSSR count). The Morgan fingerprint density at radius 3 is 2.71 bits per heavy atom. The Bertz CT molecular complexity index is 1290. The van der Waals surface area contributed by atoms with E-state index in [1.165, 1.54) is 0 Å². The van der Waals surface area contributed by atoms with Crippen molar-refractivity contribution in [2.24, 2.45) is 5.10 Å². The standard InChI is InChI=1S/C26H23ClN2O5/c1-3-31-22-8-5-16(11-24(22)30-2)26-29-20(18-12-17(27)6-9-21(18)34-26)13-19(28-29)15-4-7-23-25(10-15)33-14-32-23/h4-12,20,26H,3,13-14H2,1-2H3. The molecule has 0 radical (unpaired) electrons. The van der Waals surface area contributed by atoms with Gasteiger partial charge in [0.15, 0.2) is 23.0 Å². The van der Waals surface area contributed by atoms with Crippen LogP contribution in [0.4, 0.5) is 0 Å². The van der Waals surface area contributed by atoms with Crippen molar-refractivity contribution in [2.75, 3.05) is 20.5 Å². The van der Waals surface area contributed by atoms with Gasteiger partial charge in [0.05, 0.1) is 25.5 Å². The van der Waals surface area contributed by atoms with Crippen LogP contribution in [0.5, 0.6) is 28.7 Å². The maximum Gasteiger partial charge on any atom is 0.231 e. The number of hydrogen-bond donors (Lipinski definition) is 0. The van der Waals surface area contributed by atoms with Gasteiger partial charge in [-0.15, -0.1) is 0 Å².